The van der Waals surface area contributed by atoms with Gasteiger partial charge in [0.1, 0.15) is 11.6 Å². The van der Waals surface area contributed by atoms with E-state index in [2.05, 4.69) is 33.5 Å². The summed E-state index contributed by atoms with van der Waals surface area (Å²) in [5, 5.41) is 17.9. The lowest BCUT2D eigenvalue weighted by Crippen LogP contribution is -2.40. The molecule has 2 aliphatic heterocycles. The number of aryl methyl sites for hydroxylation is 1. The molecule has 1 N–H and O–H groups in total. The van der Waals surface area contributed by atoms with E-state index in [4.69, 9.17) is 0 Å². The first-order valence-corrected chi connectivity index (χ1v) is 8.42. The average molecular weight is 306 g/mol. The van der Waals surface area contributed by atoms with Gasteiger partial charge in [0.25, 0.3) is 0 Å². The Morgan fingerprint density at radius 1 is 1.32 bits per heavy atom. The predicted octanol–water partition coefficient (Wildman–Crippen LogP) is 1.59. The predicted molar refractivity (Wildman–Crippen MR) is 82.6 cm³/mol. The SMILES string of the molecule is CC(C)N1CCCC(Cc2nnc3n2CC(C(=O)O)CC3)C1. The number of carboxylic acid groups (broad SMARTS) is 1. The number of hydrogen-bond donors (Lipinski definition) is 1. The Morgan fingerprint density at radius 3 is 2.86 bits per heavy atom. The van der Waals surface area contributed by atoms with Crippen molar-refractivity contribution in [2.75, 3.05) is 13.1 Å². The van der Waals surface area contributed by atoms with Crippen molar-refractivity contribution >= 4 is 5.97 Å². The van der Waals surface area contributed by atoms with Crippen LogP contribution in [0.2, 0.25) is 0 Å². The zero-order valence-corrected chi connectivity index (χ0v) is 13.5. The van der Waals surface area contributed by atoms with Crippen LogP contribution in [0.1, 0.15) is 44.8 Å². The van der Waals surface area contributed by atoms with E-state index in [-0.39, 0.29) is 5.92 Å². The van der Waals surface area contributed by atoms with Crippen molar-refractivity contribution in [2.24, 2.45) is 11.8 Å². The number of fused-ring (bicyclic) bond motifs is 1. The van der Waals surface area contributed by atoms with Gasteiger partial charge in [-0.15, -0.1) is 10.2 Å². The van der Waals surface area contributed by atoms with Crippen LogP contribution in [-0.2, 0) is 24.2 Å². The Kier molecular flexibility index (Phi) is 4.47. The highest BCUT2D eigenvalue weighted by atomic mass is 16.4. The van der Waals surface area contributed by atoms with E-state index in [1.807, 2.05) is 0 Å². The lowest BCUT2D eigenvalue weighted by Gasteiger charge is -2.35. The van der Waals surface area contributed by atoms with Crippen LogP contribution in [0, 0.1) is 11.8 Å². The first-order chi connectivity index (χ1) is 10.5. The molecule has 1 aromatic heterocycles. The van der Waals surface area contributed by atoms with Crippen molar-refractivity contribution < 1.29 is 9.90 Å². The lowest BCUT2D eigenvalue weighted by molar-refractivity contribution is -0.142. The van der Waals surface area contributed by atoms with Gasteiger partial charge in [-0.2, -0.15) is 0 Å². The molecule has 3 rings (SSSR count). The summed E-state index contributed by atoms with van der Waals surface area (Å²) in [7, 11) is 0. The monoisotopic (exact) mass is 306 g/mol. The summed E-state index contributed by atoms with van der Waals surface area (Å²) >= 11 is 0. The number of carboxylic acids is 1. The molecule has 1 fully saturated rings. The molecule has 0 aliphatic carbocycles. The number of carbonyl (C=O) groups is 1. The molecule has 0 bridgehead atoms. The minimum Gasteiger partial charge on any atom is -0.481 e. The molecule has 3 heterocycles. The van der Waals surface area contributed by atoms with E-state index < -0.39 is 5.97 Å². The minimum absolute atomic E-state index is 0.291. The molecule has 0 radical (unpaired) electrons. The number of likely N-dealkylation sites (tertiary alicyclic amines) is 1. The average Bonchev–Trinajstić information content (AvgIpc) is 2.90. The van der Waals surface area contributed by atoms with Gasteiger partial charge >= 0.3 is 5.97 Å². The fourth-order valence-electron chi connectivity index (χ4n) is 3.73. The summed E-state index contributed by atoms with van der Waals surface area (Å²) in [4.78, 5) is 13.8. The summed E-state index contributed by atoms with van der Waals surface area (Å²) in [6, 6.07) is 0.589. The number of nitrogens with zero attached hydrogens (tertiary/aromatic N) is 4. The number of aliphatic carboxylic acids is 1. The van der Waals surface area contributed by atoms with Crippen molar-refractivity contribution in [3.8, 4) is 0 Å². The summed E-state index contributed by atoms with van der Waals surface area (Å²) in [5.41, 5.74) is 0. The van der Waals surface area contributed by atoms with Crippen molar-refractivity contribution in [3.05, 3.63) is 11.6 Å². The summed E-state index contributed by atoms with van der Waals surface area (Å²) in [6.45, 7) is 7.33. The number of hydrogen-bond acceptors (Lipinski definition) is 4. The number of aromatic nitrogens is 3. The zero-order valence-electron chi connectivity index (χ0n) is 13.5. The van der Waals surface area contributed by atoms with Crippen LogP contribution in [0.15, 0.2) is 0 Å². The van der Waals surface area contributed by atoms with Crippen LogP contribution >= 0.6 is 0 Å². The highest BCUT2D eigenvalue weighted by molar-refractivity contribution is 5.70. The van der Waals surface area contributed by atoms with Gasteiger partial charge < -0.3 is 14.6 Å². The van der Waals surface area contributed by atoms with Crippen molar-refractivity contribution in [2.45, 2.75) is 58.5 Å². The fraction of sp³-hybridized carbons (Fsp3) is 0.812. The smallest absolute Gasteiger partial charge is 0.308 e. The van der Waals surface area contributed by atoms with E-state index in [1.165, 1.54) is 19.4 Å². The molecule has 2 atom stereocenters. The van der Waals surface area contributed by atoms with E-state index >= 15 is 0 Å². The standard InChI is InChI=1S/C16H26N4O2/c1-11(2)19-7-3-4-12(9-19)8-15-18-17-14-6-5-13(16(21)22)10-20(14)15/h11-13H,3-10H2,1-2H3,(H,21,22). The summed E-state index contributed by atoms with van der Waals surface area (Å²) < 4.78 is 2.07. The highest BCUT2D eigenvalue weighted by Gasteiger charge is 2.29. The first kappa shape index (κ1) is 15.5. The van der Waals surface area contributed by atoms with Crippen LogP contribution in [-0.4, -0.2) is 49.9 Å². The third-order valence-electron chi connectivity index (χ3n) is 5.12. The minimum atomic E-state index is -0.700. The second-order valence-corrected chi connectivity index (χ2v) is 7.02. The maximum atomic E-state index is 11.2. The highest BCUT2D eigenvalue weighted by Crippen LogP contribution is 2.25. The van der Waals surface area contributed by atoms with Crippen molar-refractivity contribution in [1.29, 1.82) is 0 Å². The second-order valence-electron chi connectivity index (χ2n) is 7.02. The lowest BCUT2D eigenvalue weighted by atomic mass is 9.93. The Hall–Kier alpha value is -1.43. The molecule has 6 nitrogen and oxygen atoms in total. The molecule has 0 saturated carbocycles. The molecule has 0 spiro atoms. The van der Waals surface area contributed by atoms with Gasteiger partial charge in [0, 0.05) is 32.0 Å². The molecule has 22 heavy (non-hydrogen) atoms. The van der Waals surface area contributed by atoms with E-state index in [0.717, 1.165) is 31.0 Å². The molecule has 1 aromatic rings. The Morgan fingerprint density at radius 2 is 2.14 bits per heavy atom. The summed E-state index contributed by atoms with van der Waals surface area (Å²) in [6.07, 6.45) is 4.79. The topological polar surface area (TPSA) is 71.2 Å². The maximum absolute atomic E-state index is 11.2. The first-order valence-electron chi connectivity index (χ1n) is 8.42. The van der Waals surface area contributed by atoms with Crippen LogP contribution in [0.25, 0.3) is 0 Å². The third-order valence-corrected chi connectivity index (χ3v) is 5.12. The largest absolute Gasteiger partial charge is 0.481 e. The quantitative estimate of drug-likeness (QED) is 0.914. The Labute approximate surface area is 131 Å². The van der Waals surface area contributed by atoms with Gasteiger partial charge in [0.05, 0.1) is 5.92 Å². The Balaban J connectivity index is 1.69. The Bertz CT molecular complexity index is 540. The number of rotatable bonds is 4. The van der Waals surface area contributed by atoms with Gasteiger partial charge in [-0.3, -0.25) is 4.79 Å². The van der Waals surface area contributed by atoms with Crippen LogP contribution in [0.3, 0.4) is 0 Å². The van der Waals surface area contributed by atoms with E-state index in [1.54, 1.807) is 0 Å². The molecule has 0 aromatic carbocycles. The van der Waals surface area contributed by atoms with E-state index in [0.29, 0.717) is 24.9 Å². The molecule has 2 unspecified atom stereocenters. The number of piperidine rings is 1. The van der Waals surface area contributed by atoms with Crippen LogP contribution in [0.5, 0.6) is 0 Å². The van der Waals surface area contributed by atoms with Crippen LogP contribution in [0.4, 0.5) is 0 Å². The van der Waals surface area contributed by atoms with Gasteiger partial charge in [0.15, 0.2) is 0 Å². The third kappa shape index (κ3) is 3.16. The second kappa shape index (κ2) is 6.36. The van der Waals surface area contributed by atoms with Gasteiger partial charge in [0.2, 0.25) is 0 Å². The van der Waals surface area contributed by atoms with E-state index in [9.17, 15) is 9.90 Å². The molecule has 122 valence electrons. The zero-order chi connectivity index (χ0) is 15.7. The van der Waals surface area contributed by atoms with Crippen LogP contribution < -0.4 is 0 Å². The van der Waals surface area contributed by atoms with Crippen molar-refractivity contribution in [1.82, 2.24) is 19.7 Å². The summed E-state index contributed by atoms with van der Waals surface area (Å²) in [5.74, 6) is 1.56. The molecule has 1 saturated heterocycles. The normalized spacial score (nSPS) is 26.1. The molecule has 2 aliphatic rings. The van der Waals surface area contributed by atoms with Gasteiger partial charge in [-0.05, 0) is 45.6 Å². The molecule has 0 amide bonds. The maximum Gasteiger partial charge on any atom is 0.308 e. The molecule has 6 heteroatoms. The molecular formula is C16H26N4O2. The van der Waals surface area contributed by atoms with Gasteiger partial charge in [-0.1, -0.05) is 0 Å². The fourth-order valence-corrected chi connectivity index (χ4v) is 3.73. The van der Waals surface area contributed by atoms with Crippen molar-refractivity contribution in [3.63, 3.8) is 0 Å². The van der Waals surface area contributed by atoms with Gasteiger partial charge in [-0.25, -0.2) is 0 Å². The molecular weight excluding hydrogens is 280 g/mol.